The molecular formula is C19H20N4OS2. The lowest BCUT2D eigenvalue weighted by molar-refractivity contribution is 0.102. The Morgan fingerprint density at radius 2 is 2.12 bits per heavy atom. The van der Waals surface area contributed by atoms with Crippen LogP contribution in [-0.4, -0.2) is 30.0 Å². The summed E-state index contributed by atoms with van der Waals surface area (Å²) < 4.78 is 0. The average Bonchev–Trinajstić information content (AvgIpc) is 3.34. The van der Waals surface area contributed by atoms with E-state index in [-0.39, 0.29) is 11.9 Å². The van der Waals surface area contributed by atoms with E-state index < -0.39 is 0 Å². The highest BCUT2D eigenvalue weighted by Crippen LogP contribution is 2.30. The quantitative estimate of drug-likeness (QED) is 0.712. The highest BCUT2D eigenvalue weighted by atomic mass is 32.1. The van der Waals surface area contributed by atoms with Crippen molar-refractivity contribution in [3.05, 3.63) is 52.9 Å². The number of rotatable bonds is 4. The van der Waals surface area contributed by atoms with Crippen molar-refractivity contribution in [3.8, 4) is 9.88 Å². The van der Waals surface area contributed by atoms with Crippen molar-refractivity contribution < 1.29 is 4.79 Å². The maximum Gasteiger partial charge on any atom is 0.275 e. The van der Waals surface area contributed by atoms with Crippen LogP contribution in [0.2, 0.25) is 0 Å². The van der Waals surface area contributed by atoms with Gasteiger partial charge in [-0.05, 0) is 36.4 Å². The van der Waals surface area contributed by atoms with E-state index in [1.54, 1.807) is 11.3 Å². The van der Waals surface area contributed by atoms with Crippen LogP contribution in [0.3, 0.4) is 0 Å². The predicted octanol–water partition coefficient (Wildman–Crippen LogP) is 4.05. The molecule has 0 bridgehead atoms. The summed E-state index contributed by atoms with van der Waals surface area (Å²) in [4.78, 5) is 20.5. The normalized spacial score (nSPS) is 17.3. The number of thiophene rings is 1. The fourth-order valence-electron chi connectivity index (χ4n) is 3.16. The number of nitrogens with zero attached hydrogens (tertiary/aromatic N) is 2. The Morgan fingerprint density at radius 1 is 1.23 bits per heavy atom. The van der Waals surface area contributed by atoms with Crippen LogP contribution in [0.15, 0.2) is 47.2 Å². The number of amides is 1. The zero-order chi connectivity index (χ0) is 17.9. The maximum atomic E-state index is 12.7. The summed E-state index contributed by atoms with van der Waals surface area (Å²) in [6.07, 6.45) is 2.12. The molecule has 0 spiro atoms. The highest BCUT2D eigenvalue weighted by molar-refractivity contribution is 7.20. The van der Waals surface area contributed by atoms with E-state index in [0.29, 0.717) is 5.69 Å². The van der Waals surface area contributed by atoms with Gasteiger partial charge in [0.1, 0.15) is 10.7 Å². The molecule has 7 heteroatoms. The van der Waals surface area contributed by atoms with Crippen LogP contribution in [-0.2, 0) is 0 Å². The third-order valence-corrected chi connectivity index (χ3v) is 6.30. The maximum absolute atomic E-state index is 12.7. The fraction of sp³-hybridized carbons (Fsp3) is 0.263. The van der Waals surface area contributed by atoms with Crippen molar-refractivity contribution in [3.63, 3.8) is 0 Å². The molecule has 0 radical (unpaired) electrons. The summed E-state index contributed by atoms with van der Waals surface area (Å²) in [5, 5.41) is 7.72. The van der Waals surface area contributed by atoms with Crippen LogP contribution >= 0.6 is 22.7 Å². The largest absolute Gasteiger partial charge is 0.368 e. The summed E-state index contributed by atoms with van der Waals surface area (Å²) in [5.41, 5.74) is 8.39. The molecule has 0 aliphatic carbocycles. The van der Waals surface area contributed by atoms with Gasteiger partial charge < -0.3 is 16.0 Å². The number of para-hydroxylation sites is 2. The van der Waals surface area contributed by atoms with E-state index in [1.165, 1.54) is 11.3 Å². The molecule has 1 amide bonds. The molecule has 26 heavy (non-hydrogen) atoms. The first-order valence-corrected chi connectivity index (χ1v) is 10.4. The molecule has 1 aliphatic heterocycles. The van der Waals surface area contributed by atoms with Gasteiger partial charge in [-0.2, -0.15) is 0 Å². The lowest BCUT2D eigenvalue weighted by atomic mass is 10.1. The van der Waals surface area contributed by atoms with Crippen LogP contribution < -0.4 is 16.0 Å². The fourth-order valence-corrected chi connectivity index (χ4v) is 4.78. The summed E-state index contributed by atoms with van der Waals surface area (Å²) >= 11 is 3.11. The number of thiazole rings is 1. The second kappa shape index (κ2) is 7.57. The number of nitrogens with one attached hydrogen (secondary N) is 1. The van der Waals surface area contributed by atoms with Gasteiger partial charge in [-0.3, -0.25) is 4.79 Å². The Morgan fingerprint density at radius 3 is 2.92 bits per heavy atom. The molecule has 0 saturated carbocycles. The van der Waals surface area contributed by atoms with E-state index in [0.717, 1.165) is 47.2 Å². The van der Waals surface area contributed by atoms with Gasteiger partial charge in [0, 0.05) is 24.5 Å². The molecule has 0 unspecified atom stereocenters. The summed E-state index contributed by atoms with van der Waals surface area (Å²) in [5.74, 6) is -0.183. The van der Waals surface area contributed by atoms with Crippen LogP contribution in [0.4, 0.5) is 11.4 Å². The molecule has 3 heterocycles. The van der Waals surface area contributed by atoms with Gasteiger partial charge in [0.05, 0.1) is 16.3 Å². The van der Waals surface area contributed by atoms with Gasteiger partial charge in [-0.1, -0.05) is 18.2 Å². The first-order valence-electron chi connectivity index (χ1n) is 8.61. The van der Waals surface area contributed by atoms with E-state index in [1.807, 2.05) is 47.2 Å². The van der Waals surface area contributed by atoms with Crippen molar-refractivity contribution in [1.82, 2.24) is 4.98 Å². The zero-order valence-electron chi connectivity index (χ0n) is 14.2. The molecule has 4 rings (SSSR count). The number of benzene rings is 1. The molecule has 1 atom stereocenters. The predicted molar refractivity (Wildman–Crippen MR) is 109 cm³/mol. The van der Waals surface area contributed by atoms with Gasteiger partial charge in [0.25, 0.3) is 5.91 Å². The number of hydrogen-bond donors (Lipinski definition) is 2. The SMILES string of the molecule is N[C@H]1CCCN(c2ccccc2NC(=O)c2csc(-c3cccs3)n2)C1. The van der Waals surface area contributed by atoms with Crippen LogP contribution in [0.1, 0.15) is 23.3 Å². The zero-order valence-corrected chi connectivity index (χ0v) is 15.9. The number of carbonyl (C=O) groups excluding carboxylic acids is 1. The van der Waals surface area contributed by atoms with Crippen LogP contribution in [0.5, 0.6) is 0 Å². The standard InChI is InChI=1S/C19H20N4OS2/c20-13-5-3-9-23(11-13)16-7-2-1-6-14(16)21-18(24)15-12-26-19(22-15)17-8-4-10-25-17/h1-2,4,6-8,10,12-13H,3,5,9,11,20H2,(H,21,24)/t13-/m0/s1. The van der Waals surface area contributed by atoms with Crippen LogP contribution in [0, 0.1) is 0 Å². The molecule has 1 saturated heterocycles. The van der Waals surface area contributed by atoms with Gasteiger partial charge in [0.15, 0.2) is 0 Å². The molecule has 1 aliphatic rings. The second-order valence-corrected chi connectivity index (χ2v) is 8.14. The Labute approximate surface area is 160 Å². The number of hydrogen-bond acceptors (Lipinski definition) is 6. The van der Waals surface area contributed by atoms with Crippen molar-refractivity contribution in [2.45, 2.75) is 18.9 Å². The van der Waals surface area contributed by atoms with Gasteiger partial charge in [0.2, 0.25) is 0 Å². The summed E-state index contributed by atoms with van der Waals surface area (Å²) in [6, 6.07) is 12.1. The molecule has 1 aromatic carbocycles. The van der Waals surface area contributed by atoms with Crippen molar-refractivity contribution >= 4 is 40.0 Å². The third-order valence-electron chi connectivity index (χ3n) is 4.42. The monoisotopic (exact) mass is 384 g/mol. The Bertz CT molecular complexity index is 891. The van der Waals surface area contributed by atoms with Gasteiger partial charge in [-0.15, -0.1) is 22.7 Å². The van der Waals surface area contributed by atoms with E-state index in [9.17, 15) is 4.79 Å². The molecule has 3 N–H and O–H groups in total. The Hall–Kier alpha value is -2.22. The lowest BCUT2D eigenvalue weighted by Crippen LogP contribution is -2.43. The Kier molecular flexibility index (Phi) is 5.01. The lowest BCUT2D eigenvalue weighted by Gasteiger charge is -2.33. The van der Waals surface area contributed by atoms with E-state index in [2.05, 4.69) is 15.2 Å². The van der Waals surface area contributed by atoms with E-state index in [4.69, 9.17) is 5.73 Å². The number of aromatic nitrogens is 1. The molecule has 2 aromatic heterocycles. The smallest absolute Gasteiger partial charge is 0.275 e. The second-order valence-electron chi connectivity index (χ2n) is 6.33. The summed E-state index contributed by atoms with van der Waals surface area (Å²) in [6.45, 7) is 1.77. The molecule has 134 valence electrons. The average molecular weight is 385 g/mol. The minimum Gasteiger partial charge on any atom is -0.368 e. The van der Waals surface area contributed by atoms with E-state index >= 15 is 0 Å². The van der Waals surface area contributed by atoms with Crippen LogP contribution in [0.25, 0.3) is 9.88 Å². The summed E-state index contributed by atoms with van der Waals surface area (Å²) in [7, 11) is 0. The van der Waals surface area contributed by atoms with Gasteiger partial charge >= 0.3 is 0 Å². The first-order chi connectivity index (χ1) is 12.7. The Balaban J connectivity index is 1.53. The third kappa shape index (κ3) is 3.65. The topological polar surface area (TPSA) is 71.2 Å². The van der Waals surface area contributed by atoms with Crippen molar-refractivity contribution in [2.24, 2.45) is 5.73 Å². The number of anilines is 2. The minimum absolute atomic E-state index is 0.180. The van der Waals surface area contributed by atoms with Crippen molar-refractivity contribution in [2.75, 3.05) is 23.3 Å². The van der Waals surface area contributed by atoms with Crippen molar-refractivity contribution in [1.29, 1.82) is 0 Å². The molecule has 1 fully saturated rings. The minimum atomic E-state index is -0.183. The molecule has 3 aromatic rings. The first kappa shape index (κ1) is 17.2. The van der Waals surface area contributed by atoms with Gasteiger partial charge in [-0.25, -0.2) is 4.98 Å². The number of carbonyl (C=O) groups is 1. The number of nitrogens with two attached hydrogens (primary N) is 1. The number of piperidine rings is 1. The molecule has 5 nitrogen and oxygen atoms in total. The highest BCUT2D eigenvalue weighted by Gasteiger charge is 2.20. The molecular weight excluding hydrogens is 364 g/mol.